The van der Waals surface area contributed by atoms with Crippen LogP contribution >= 0.6 is 0 Å². The third-order valence-corrected chi connectivity index (χ3v) is 4.10. The number of halogens is 6. The van der Waals surface area contributed by atoms with Crippen molar-refractivity contribution in [3.05, 3.63) is 24.3 Å². The molecule has 1 aromatic carbocycles. The number of nitrogens with one attached hydrogen (secondary N) is 1. The second kappa shape index (κ2) is 8.99. The van der Waals surface area contributed by atoms with Crippen LogP contribution in [0.2, 0.25) is 0 Å². The van der Waals surface area contributed by atoms with E-state index in [1.165, 1.54) is 12.1 Å². The lowest BCUT2D eigenvalue weighted by Gasteiger charge is -2.32. The second-order valence-corrected chi connectivity index (χ2v) is 6.63. The first-order chi connectivity index (χ1) is 14.5. The Labute approximate surface area is 172 Å². The molecule has 8 nitrogen and oxygen atoms in total. The Kier molecular flexibility index (Phi) is 6.57. The number of nitrogens with zero attached hydrogens (tertiary/aromatic N) is 5. The molecule has 1 N–H and O–H groups in total. The van der Waals surface area contributed by atoms with Gasteiger partial charge < -0.3 is 24.6 Å². The average molecular weight is 452 g/mol. The van der Waals surface area contributed by atoms with Gasteiger partial charge in [-0.15, -0.1) is 13.2 Å². The number of ether oxygens (including phenoxy) is 2. The van der Waals surface area contributed by atoms with Crippen LogP contribution in [0.25, 0.3) is 0 Å². The third kappa shape index (κ3) is 7.31. The van der Waals surface area contributed by atoms with Gasteiger partial charge in [-0.25, -0.2) is 0 Å². The molecule has 1 aliphatic rings. The van der Waals surface area contributed by atoms with Crippen LogP contribution < -0.4 is 19.7 Å². The fraction of sp³-hybridized carbons (Fsp3) is 0.471. The largest absolute Gasteiger partial charge is 0.573 e. The summed E-state index contributed by atoms with van der Waals surface area (Å²) in [6.07, 6.45) is -9.41. The van der Waals surface area contributed by atoms with E-state index in [-0.39, 0.29) is 17.6 Å². The van der Waals surface area contributed by atoms with Gasteiger partial charge in [0.2, 0.25) is 11.9 Å². The van der Waals surface area contributed by atoms with Gasteiger partial charge in [-0.2, -0.15) is 28.1 Å². The summed E-state index contributed by atoms with van der Waals surface area (Å²) in [4.78, 5) is 15.8. The van der Waals surface area contributed by atoms with Crippen molar-refractivity contribution in [2.75, 3.05) is 50.1 Å². The molecule has 1 saturated heterocycles. The summed E-state index contributed by atoms with van der Waals surface area (Å²) in [6.45, 7) is 0.911. The average Bonchev–Trinajstić information content (AvgIpc) is 2.67. The van der Waals surface area contributed by atoms with E-state index in [9.17, 15) is 26.3 Å². The standard InChI is InChI=1S/C17H18F6N6O2/c1-28-6-8-29(9-7-28)14-25-13(26-15(27-14)30-10-16(18,19)20)24-11-2-4-12(5-3-11)31-17(21,22)23/h2-5H,6-10H2,1H3,(H,24,25,26,27). The Morgan fingerprint density at radius 3 is 2.16 bits per heavy atom. The van der Waals surface area contributed by atoms with Crippen molar-refractivity contribution in [1.29, 1.82) is 0 Å². The quantitative estimate of drug-likeness (QED) is 0.670. The summed E-state index contributed by atoms with van der Waals surface area (Å²) in [5, 5.41) is 2.72. The van der Waals surface area contributed by atoms with Crippen molar-refractivity contribution in [1.82, 2.24) is 19.9 Å². The minimum absolute atomic E-state index is 0.120. The van der Waals surface area contributed by atoms with Crippen molar-refractivity contribution in [3.63, 3.8) is 0 Å². The van der Waals surface area contributed by atoms with Crippen molar-refractivity contribution >= 4 is 17.6 Å². The van der Waals surface area contributed by atoms with Crippen LogP contribution in [0.1, 0.15) is 0 Å². The van der Waals surface area contributed by atoms with Gasteiger partial charge in [0, 0.05) is 31.9 Å². The summed E-state index contributed by atoms with van der Waals surface area (Å²) in [6, 6.07) is 4.16. The van der Waals surface area contributed by atoms with E-state index in [0.29, 0.717) is 26.2 Å². The number of benzene rings is 1. The molecule has 0 atom stereocenters. The van der Waals surface area contributed by atoms with Gasteiger partial charge in [0.25, 0.3) is 0 Å². The van der Waals surface area contributed by atoms with Crippen molar-refractivity contribution < 1.29 is 35.8 Å². The van der Waals surface area contributed by atoms with Crippen LogP contribution in [0.5, 0.6) is 11.8 Å². The number of hydrogen-bond donors (Lipinski definition) is 1. The number of hydrogen-bond acceptors (Lipinski definition) is 8. The van der Waals surface area contributed by atoms with Gasteiger partial charge in [-0.3, -0.25) is 0 Å². The van der Waals surface area contributed by atoms with Gasteiger partial charge in [-0.1, -0.05) is 0 Å². The van der Waals surface area contributed by atoms with Crippen LogP contribution in [-0.2, 0) is 0 Å². The monoisotopic (exact) mass is 452 g/mol. The Morgan fingerprint density at radius 1 is 0.935 bits per heavy atom. The molecular formula is C17H18F6N6O2. The lowest BCUT2D eigenvalue weighted by atomic mass is 10.3. The molecule has 170 valence electrons. The Hall–Kier alpha value is -3.03. The maximum Gasteiger partial charge on any atom is 0.573 e. The second-order valence-electron chi connectivity index (χ2n) is 6.63. The van der Waals surface area contributed by atoms with Crippen molar-refractivity contribution in [2.45, 2.75) is 12.5 Å². The molecule has 0 radical (unpaired) electrons. The molecule has 0 spiro atoms. The first-order valence-electron chi connectivity index (χ1n) is 8.99. The number of anilines is 3. The van der Waals surface area contributed by atoms with Crippen LogP contribution in [0, 0.1) is 0 Å². The zero-order chi connectivity index (χ0) is 22.6. The summed E-state index contributed by atoms with van der Waals surface area (Å²) in [7, 11) is 1.93. The molecule has 1 fully saturated rings. The lowest BCUT2D eigenvalue weighted by molar-refractivity contribution is -0.274. The van der Waals surface area contributed by atoms with Gasteiger partial charge in [0.1, 0.15) is 5.75 Å². The highest BCUT2D eigenvalue weighted by molar-refractivity contribution is 5.56. The van der Waals surface area contributed by atoms with Crippen molar-refractivity contribution in [3.8, 4) is 11.8 Å². The van der Waals surface area contributed by atoms with Gasteiger partial charge in [0.15, 0.2) is 6.61 Å². The Bertz CT molecular complexity index is 869. The van der Waals surface area contributed by atoms with E-state index in [1.54, 1.807) is 4.90 Å². The van der Waals surface area contributed by atoms with E-state index in [4.69, 9.17) is 0 Å². The SMILES string of the molecule is CN1CCN(c2nc(Nc3ccc(OC(F)(F)F)cc3)nc(OCC(F)(F)F)n2)CC1. The van der Waals surface area contributed by atoms with Crippen LogP contribution in [0.15, 0.2) is 24.3 Å². The fourth-order valence-corrected chi connectivity index (χ4v) is 2.63. The van der Waals surface area contributed by atoms with E-state index < -0.39 is 30.9 Å². The maximum absolute atomic E-state index is 12.5. The number of aromatic nitrogens is 3. The predicted molar refractivity (Wildman–Crippen MR) is 97.5 cm³/mol. The van der Waals surface area contributed by atoms with E-state index in [2.05, 4.69) is 34.6 Å². The molecule has 2 heterocycles. The van der Waals surface area contributed by atoms with E-state index >= 15 is 0 Å². The lowest BCUT2D eigenvalue weighted by Crippen LogP contribution is -2.45. The molecule has 3 rings (SSSR count). The summed E-state index contributed by atoms with van der Waals surface area (Å²) < 4.78 is 82.8. The minimum atomic E-state index is -4.83. The number of rotatable bonds is 6. The number of alkyl halides is 6. The third-order valence-electron chi connectivity index (χ3n) is 4.10. The smallest absolute Gasteiger partial charge is 0.454 e. The van der Waals surface area contributed by atoms with Gasteiger partial charge in [0.05, 0.1) is 0 Å². The topological polar surface area (TPSA) is 75.6 Å². The van der Waals surface area contributed by atoms with Gasteiger partial charge in [-0.05, 0) is 31.3 Å². The summed E-state index contributed by atoms with van der Waals surface area (Å²) in [5.74, 6) is -0.425. The molecule has 14 heteroatoms. The molecule has 0 aliphatic carbocycles. The molecule has 31 heavy (non-hydrogen) atoms. The molecule has 0 amide bonds. The zero-order valence-corrected chi connectivity index (χ0v) is 16.2. The Morgan fingerprint density at radius 2 is 1.58 bits per heavy atom. The Balaban J connectivity index is 1.79. The number of piperazine rings is 1. The first-order valence-corrected chi connectivity index (χ1v) is 8.99. The van der Waals surface area contributed by atoms with E-state index in [1.807, 2.05) is 7.05 Å². The summed E-state index contributed by atoms with van der Waals surface area (Å²) in [5.41, 5.74) is 0.284. The normalized spacial score (nSPS) is 15.6. The van der Waals surface area contributed by atoms with Crippen LogP contribution in [-0.4, -0.2) is 72.2 Å². The fourth-order valence-electron chi connectivity index (χ4n) is 2.63. The molecule has 0 unspecified atom stereocenters. The van der Waals surface area contributed by atoms with Crippen LogP contribution in [0.4, 0.5) is 43.9 Å². The molecule has 0 bridgehead atoms. The molecule has 1 aliphatic heterocycles. The highest BCUT2D eigenvalue weighted by Crippen LogP contribution is 2.26. The summed E-state index contributed by atoms with van der Waals surface area (Å²) >= 11 is 0. The van der Waals surface area contributed by atoms with Gasteiger partial charge >= 0.3 is 18.5 Å². The minimum Gasteiger partial charge on any atom is -0.454 e. The molecule has 2 aromatic rings. The van der Waals surface area contributed by atoms with Crippen LogP contribution in [0.3, 0.4) is 0 Å². The molecule has 0 saturated carbocycles. The maximum atomic E-state index is 12.5. The first kappa shape index (κ1) is 22.7. The highest BCUT2D eigenvalue weighted by atomic mass is 19.4. The predicted octanol–water partition coefficient (Wildman–Crippen LogP) is 3.21. The molecular weight excluding hydrogens is 434 g/mol. The van der Waals surface area contributed by atoms with Crippen molar-refractivity contribution in [2.24, 2.45) is 0 Å². The van der Waals surface area contributed by atoms with E-state index in [0.717, 1.165) is 12.1 Å². The highest BCUT2D eigenvalue weighted by Gasteiger charge is 2.31. The zero-order valence-electron chi connectivity index (χ0n) is 16.2. The number of likely N-dealkylation sites (N-methyl/N-ethyl adjacent to an activating group) is 1. The molecule has 1 aromatic heterocycles.